The molecule has 0 atom stereocenters. The summed E-state index contributed by atoms with van der Waals surface area (Å²) in [4.78, 5) is 25.9. The highest BCUT2D eigenvalue weighted by atomic mass is 16.5. The number of rotatable bonds is 6. The number of aryl methyl sites for hydroxylation is 2. The number of hydrogen-bond acceptors (Lipinski definition) is 7. The normalized spacial score (nSPS) is 14.1. The monoisotopic (exact) mass is 374 g/mol. The van der Waals surface area contributed by atoms with Gasteiger partial charge in [0.2, 0.25) is 0 Å². The molecule has 2 heterocycles. The number of hydrogen-bond donors (Lipinski definition) is 0. The first kappa shape index (κ1) is 18.9. The second-order valence-corrected chi connectivity index (χ2v) is 6.19. The van der Waals surface area contributed by atoms with Gasteiger partial charge in [-0.2, -0.15) is 0 Å². The number of esters is 1. The Kier molecular flexibility index (Phi) is 6.08. The zero-order valence-corrected chi connectivity index (χ0v) is 15.4. The van der Waals surface area contributed by atoms with Gasteiger partial charge < -0.3 is 23.6 Å². The fourth-order valence-electron chi connectivity index (χ4n) is 2.69. The van der Waals surface area contributed by atoms with Gasteiger partial charge in [-0.3, -0.25) is 4.79 Å². The van der Waals surface area contributed by atoms with E-state index in [0.29, 0.717) is 43.4 Å². The molecule has 0 N–H and O–H groups in total. The van der Waals surface area contributed by atoms with Crippen molar-refractivity contribution in [1.82, 2.24) is 10.1 Å². The standard InChI is InChI=1S/C19H22N2O6/c1-13-17(14(2)27-20-13)11-25-16-5-3-4-15(10-16)19(23)26-12-18(22)21-6-8-24-9-7-21/h3-5,10H,6-9,11-12H2,1-2H3. The van der Waals surface area contributed by atoms with Crippen LogP contribution in [-0.2, 0) is 20.9 Å². The van der Waals surface area contributed by atoms with Crippen LogP contribution in [-0.4, -0.2) is 54.8 Å². The summed E-state index contributed by atoms with van der Waals surface area (Å²) in [6, 6.07) is 6.64. The molecule has 8 nitrogen and oxygen atoms in total. The predicted molar refractivity (Wildman–Crippen MR) is 94.4 cm³/mol. The summed E-state index contributed by atoms with van der Waals surface area (Å²) in [6.07, 6.45) is 0. The summed E-state index contributed by atoms with van der Waals surface area (Å²) < 4.78 is 21.2. The Morgan fingerprint density at radius 2 is 2.00 bits per heavy atom. The van der Waals surface area contributed by atoms with Gasteiger partial charge in [0.15, 0.2) is 6.61 Å². The van der Waals surface area contributed by atoms with E-state index in [1.165, 1.54) is 0 Å². The van der Waals surface area contributed by atoms with E-state index in [9.17, 15) is 9.59 Å². The molecule has 2 aromatic rings. The second-order valence-electron chi connectivity index (χ2n) is 6.19. The van der Waals surface area contributed by atoms with Crippen LogP contribution in [0.25, 0.3) is 0 Å². The Morgan fingerprint density at radius 1 is 1.22 bits per heavy atom. The van der Waals surface area contributed by atoms with Crippen molar-refractivity contribution in [2.45, 2.75) is 20.5 Å². The minimum absolute atomic E-state index is 0.225. The van der Waals surface area contributed by atoms with Crippen LogP contribution < -0.4 is 4.74 Å². The van der Waals surface area contributed by atoms with Crippen LogP contribution in [0.4, 0.5) is 0 Å². The van der Waals surface area contributed by atoms with Crippen molar-refractivity contribution in [3.8, 4) is 5.75 Å². The number of benzene rings is 1. The van der Waals surface area contributed by atoms with Crippen LogP contribution in [0.15, 0.2) is 28.8 Å². The quantitative estimate of drug-likeness (QED) is 0.713. The first-order valence-corrected chi connectivity index (χ1v) is 8.72. The molecular formula is C19H22N2O6. The molecule has 0 bridgehead atoms. The number of nitrogens with zero attached hydrogens (tertiary/aromatic N) is 2. The highest BCUT2D eigenvalue weighted by molar-refractivity contribution is 5.91. The highest BCUT2D eigenvalue weighted by Crippen LogP contribution is 2.19. The molecule has 1 aromatic carbocycles. The van der Waals surface area contributed by atoms with E-state index in [1.807, 2.05) is 13.8 Å². The molecule has 8 heteroatoms. The van der Waals surface area contributed by atoms with Gasteiger partial charge in [-0.1, -0.05) is 11.2 Å². The van der Waals surface area contributed by atoms with Gasteiger partial charge in [0.1, 0.15) is 18.1 Å². The molecule has 3 rings (SSSR count). The smallest absolute Gasteiger partial charge is 0.338 e. The lowest BCUT2D eigenvalue weighted by molar-refractivity contribution is -0.138. The molecule has 0 spiro atoms. The van der Waals surface area contributed by atoms with Gasteiger partial charge in [-0.15, -0.1) is 0 Å². The zero-order valence-electron chi connectivity index (χ0n) is 15.4. The first-order valence-electron chi connectivity index (χ1n) is 8.72. The maximum absolute atomic E-state index is 12.2. The molecule has 1 aliphatic rings. The molecule has 1 aromatic heterocycles. The van der Waals surface area contributed by atoms with Gasteiger partial charge in [0, 0.05) is 13.1 Å². The molecule has 1 aliphatic heterocycles. The molecule has 1 amide bonds. The SMILES string of the molecule is Cc1noc(C)c1COc1cccc(C(=O)OCC(=O)N2CCOCC2)c1. The molecule has 144 valence electrons. The van der Waals surface area contributed by atoms with E-state index in [2.05, 4.69) is 5.16 Å². The fraction of sp³-hybridized carbons (Fsp3) is 0.421. The van der Waals surface area contributed by atoms with E-state index >= 15 is 0 Å². The molecule has 0 saturated carbocycles. The summed E-state index contributed by atoms with van der Waals surface area (Å²) in [5.74, 6) is 0.422. The lowest BCUT2D eigenvalue weighted by Crippen LogP contribution is -2.42. The van der Waals surface area contributed by atoms with Gasteiger partial charge in [0.25, 0.3) is 5.91 Å². The lowest BCUT2D eigenvalue weighted by atomic mass is 10.2. The van der Waals surface area contributed by atoms with Crippen LogP contribution in [0, 0.1) is 13.8 Å². The summed E-state index contributed by atoms with van der Waals surface area (Å²) in [6.45, 7) is 5.70. The van der Waals surface area contributed by atoms with Crippen LogP contribution in [0.5, 0.6) is 5.75 Å². The van der Waals surface area contributed by atoms with Crippen molar-refractivity contribution in [2.24, 2.45) is 0 Å². The highest BCUT2D eigenvalue weighted by Gasteiger charge is 2.19. The van der Waals surface area contributed by atoms with Crippen molar-refractivity contribution in [2.75, 3.05) is 32.9 Å². The van der Waals surface area contributed by atoms with Crippen LogP contribution in [0.1, 0.15) is 27.4 Å². The summed E-state index contributed by atoms with van der Waals surface area (Å²) in [5, 5.41) is 3.88. The summed E-state index contributed by atoms with van der Waals surface area (Å²) >= 11 is 0. The van der Waals surface area contributed by atoms with Crippen LogP contribution >= 0.6 is 0 Å². The van der Waals surface area contributed by atoms with Gasteiger partial charge in [-0.25, -0.2) is 4.79 Å². The average Bonchev–Trinajstić information content (AvgIpc) is 3.02. The first-order chi connectivity index (χ1) is 13.0. The molecule has 1 saturated heterocycles. The Bertz CT molecular complexity index is 791. The Labute approximate surface area is 157 Å². The zero-order chi connectivity index (χ0) is 19.2. The molecule has 27 heavy (non-hydrogen) atoms. The maximum atomic E-state index is 12.2. The predicted octanol–water partition coefficient (Wildman–Crippen LogP) is 1.89. The number of morpholine rings is 1. The summed E-state index contributed by atoms with van der Waals surface area (Å²) in [7, 11) is 0. The fourth-order valence-corrected chi connectivity index (χ4v) is 2.69. The topological polar surface area (TPSA) is 91.1 Å². The number of amides is 1. The van der Waals surface area contributed by atoms with Crippen molar-refractivity contribution >= 4 is 11.9 Å². The number of carbonyl (C=O) groups is 2. The minimum Gasteiger partial charge on any atom is -0.489 e. The van der Waals surface area contributed by atoms with Gasteiger partial charge in [-0.05, 0) is 32.0 Å². The molecule has 0 aliphatic carbocycles. The molecule has 1 fully saturated rings. The van der Waals surface area contributed by atoms with E-state index < -0.39 is 5.97 Å². The number of carbonyl (C=O) groups excluding carboxylic acids is 2. The number of aromatic nitrogens is 1. The summed E-state index contributed by atoms with van der Waals surface area (Å²) in [5.41, 5.74) is 1.96. The van der Waals surface area contributed by atoms with Crippen molar-refractivity contribution in [1.29, 1.82) is 0 Å². The maximum Gasteiger partial charge on any atom is 0.338 e. The Hall–Kier alpha value is -2.87. The Morgan fingerprint density at radius 3 is 2.70 bits per heavy atom. The van der Waals surface area contributed by atoms with Crippen LogP contribution in [0.2, 0.25) is 0 Å². The van der Waals surface area contributed by atoms with Gasteiger partial charge in [0.05, 0.1) is 30.0 Å². The van der Waals surface area contributed by atoms with E-state index in [4.69, 9.17) is 18.7 Å². The van der Waals surface area contributed by atoms with Crippen molar-refractivity contribution in [3.63, 3.8) is 0 Å². The van der Waals surface area contributed by atoms with E-state index in [1.54, 1.807) is 29.2 Å². The van der Waals surface area contributed by atoms with Crippen molar-refractivity contribution < 1.29 is 28.3 Å². The minimum atomic E-state index is -0.570. The van der Waals surface area contributed by atoms with E-state index in [-0.39, 0.29) is 19.1 Å². The molecule has 0 radical (unpaired) electrons. The van der Waals surface area contributed by atoms with Crippen molar-refractivity contribution in [3.05, 3.63) is 46.8 Å². The average molecular weight is 374 g/mol. The second kappa shape index (κ2) is 8.68. The third-order valence-corrected chi connectivity index (χ3v) is 4.32. The lowest BCUT2D eigenvalue weighted by Gasteiger charge is -2.26. The molecular weight excluding hydrogens is 352 g/mol. The largest absolute Gasteiger partial charge is 0.489 e. The number of ether oxygens (including phenoxy) is 3. The van der Waals surface area contributed by atoms with E-state index in [0.717, 1.165) is 11.3 Å². The Balaban J connectivity index is 1.54. The van der Waals surface area contributed by atoms with Gasteiger partial charge >= 0.3 is 5.97 Å². The third kappa shape index (κ3) is 4.85. The molecule has 0 unspecified atom stereocenters. The van der Waals surface area contributed by atoms with Crippen LogP contribution in [0.3, 0.4) is 0 Å². The third-order valence-electron chi connectivity index (χ3n) is 4.32.